The van der Waals surface area contributed by atoms with Crippen LogP contribution in [0, 0.1) is 11.6 Å². The SMILES string of the molecule is C=C(NC1CC1)c1ccc(CC)c(-c2c(=O)ccn3nc(Oc4ccc(F)cc4F)ccc23)c1. The Morgan fingerprint density at radius 3 is 2.71 bits per heavy atom. The summed E-state index contributed by atoms with van der Waals surface area (Å²) in [5.41, 5.74) is 4.60. The van der Waals surface area contributed by atoms with Gasteiger partial charge in [-0.25, -0.2) is 13.3 Å². The van der Waals surface area contributed by atoms with Crippen LogP contribution in [-0.4, -0.2) is 15.7 Å². The Bertz CT molecular complexity index is 1470. The second-order valence-electron chi connectivity index (χ2n) is 8.36. The Balaban J connectivity index is 1.57. The molecule has 0 bridgehead atoms. The third-order valence-electron chi connectivity index (χ3n) is 5.88. The number of nitrogens with zero attached hydrogens (tertiary/aromatic N) is 2. The molecular weight excluding hydrogens is 436 g/mol. The van der Waals surface area contributed by atoms with Crippen LogP contribution in [0.15, 0.2) is 72.2 Å². The first-order valence-corrected chi connectivity index (χ1v) is 11.2. The lowest BCUT2D eigenvalue weighted by atomic mass is 9.94. The Morgan fingerprint density at radius 1 is 1.15 bits per heavy atom. The minimum absolute atomic E-state index is 0.110. The van der Waals surface area contributed by atoms with E-state index in [-0.39, 0.29) is 17.1 Å². The average Bonchev–Trinajstić information content (AvgIpc) is 3.64. The van der Waals surface area contributed by atoms with Crippen molar-refractivity contribution >= 4 is 11.2 Å². The molecule has 1 N–H and O–H groups in total. The topological polar surface area (TPSA) is 55.6 Å². The van der Waals surface area contributed by atoms with Crippen LogP contribution < -0.4 is 15.5 Å². The lowest BCUT2D eigenvalue weighted by molar-refractivity contribution is 0.416. The van der Waals surface area contributed by atoms with Crippen molar-refractivity contribution in [1.29, 1.82) is 0 Å². The van der Waals surface area contributed by atoms with Gasteiger partial charge in [-0.1, -0.05) is 25.6 Å². The van der Waals surface area contributed by atoms with Crippen molar-refractivity contribution in [2.45, 2.75) is 32.2 Å². The molecule has 0 radical (unpaired) electrons. The zero-order valence-corrected chi connectivity index (χ0v) is 18.6. The molecule has 0 amide bonds. The molecule has 2 aromatic carbocycles. The van der Waals surface area contributed by atoms with Crippen molar-refractivity contribution in [3.8, 4) is 22.8 Å². The molecule has 1 aliphatic rings. The van der Waals surface area contributed by atoms with Gasteiger partial charge in [0.2, 0.25) is 5.88 Å². The van der Waals surface area contributed by atoms with Gasteiger partial charge in [0.15, 0.2) is 17.0 Å². The summed E-state index contributed by atoms with van der Waals surface area (Å²) in [7, 11) is 0. The van der Waals surface area contributed by atoms with Crippen LogP contribution in [0.25, 0.3) is 22.3 Å². The molecule has 1 saturated carbocycles. The van der Waals surface area contributed by atoms with E-state index in [0.29, 0.717) is 17.1 Å². The summed E-state index contributed by atoms with van der Waals surface area (Å²) < 4.78 is 34.2. The summed E-state index contributed by atoms with van der Waals surface area (Å²) in [4.78, 5) is 13.0. The highest BCUT2D eigenvalue weighted by molar-refractivity contribution is 5.84. The number of fused-ring (bicyclic) bond motifs is 1. The fourth-order valence-corrected chi connectivity index (χ4v) is 3.94. The lowest BCUT2D eigenvalue weighted by Crippen LogP contribution is -2.14. The predicted molar refractivity (Wildman–Crippen MR) is 128 cm³/mol. The van der Waals surface area contributed by atoms with Gasteiger partial charge in [-0.05, 0) is 60.2 Å². The van der Waals surface area contributed by atoms with Crippen molar-refractivity contribution in [2.75, 3.05) is 0 Å². The fraction of sp³-hybridized carbons (Fsp3) is 0.185. The zero-order valence-electron chi connectivity index (χ0n) is 18.6. The van der Waals surface area contributed by atoms with E-state index in [1.54, 1.807) is 12.1 Å². The monoisotopic (exact) mass is 459 g/mol. The van der Waals surface area contributed by atoms with Gasteiger partial charge in [0, 0.05) is 36.1 Å². The van der Waals surface area contributed by atoms with Gasteiger partial charge in [0.1, 0.15) is 5.82 Å². The number of hydrogen-bond donors (Lipinski definition) is 1. The molecule has 0 unspecified atom stereocenters. The number of pyridine rings is 1. The van der Waals surface area contributed by atoms with E-state index in [9.17, 15) is 13.6 Å². The van der Waals surface area contributed by atoms with E-state index in [0.717, 1.165) is 53.8 Å². The maximum atomic E-state index is 14.0. The molecule has 1 aliphatic carbocycles. The highest BCUT2D eigenvalue weighted by Crippen LogP contribution is 2.31. The standard InChI is InChI=1S/C27H23F2N3O2/c1-3-17-4-5-18(16(2)30-20-7-8-20)14-21(17)27-23-9-11-26(31-32(23)13-12-24(27)33)34-25-10-6-19(28)15-22(25)29/h4-6,9-15,20,30H,2-3,7-8H2,1H3. The number of ether oxygens (including phenoxy) is 1. The molecule has 5 nitrogen and oxygen atoms in total. The number of aryl methyl sites for hydroxylation is 1. The zero-order chi connectivity index (χ0) is 23.8. The van der Waals surface area contributed by atoms with E-state index in [1.807, 2.05) is 25.1 Å². The number of nitrogens with one attached hydrogen (secondary N) is 1. The van der Waals surface area contributed by atoms with Crippen LogP contribution >= 0.6 is 0 Å². The summed E-state index contributed by atoms with van der Waals surface area (Å²) in [6.45, 7) is 6.21. The molecule has 1 fully saturated rings. The first kappa shape index (κ1) is 21.8. The lowest BCUT2D eigenvalue weighted by Gasteiger charge is -2.15. The molecule has 7 heteroatoms. The van der Waals surface area contributed by atoms with E-state index in [4.69, 9.17) is 4.74 Å². The molecule has 0 spiro atoms. The third kappa shape index (κ3) is 4.29. The second-order valence-corrected chi connectivity index (χ2v) is 8.36. The average molecular weight is 459 g/mol. The number of aromatic nitrogens is 2. The summed E-state index contributed by atoms with van der Waals surface area (Å²) >= 11 is 0. The van der Waals surface area contributed by atoms with E-state index in [1.165, 1.54) is 22.8 Å². The minimum atomic E-state index is -0.827. The summed E-state index contributed by atoms with van der Waals surface area (Å²) in [5, 5.41) is 7.80. The largest absolute Gasteiger partial charge is 0.434 e. The number of rotatable bonds is 7. The van der Waals surface area contributed by atoms with Crippen molar-refractivity contribution in [1.82, 2.24) is 14.9 Å². The molecule has 0 aliphatic heterocycles. The van der Waals surface area contributed by atoms with Crippen LogP contribution in [0.1, 0.15) is 30.9 Å². The van der Waals surface area contributed by atoms with Crippen LogP contribution in [0.2, 0.25) is 0 Å². The third-order valence-corrected chi connectivity index (χ3v) is 5.88. The highest BCUT2D eigenvalue weighted by Gasteiger charge is 2.22. The van der Waals surface area contributed by atoms with Crippen molar-refractivity contribution in [3.05, 3.63) is 100 Å². The van der Waals surface area contributed by atoms with Crippen molar-refractivity contribution in [3.63, 3.8) is 0 Å². The summed E-state index contributed by atoms with van der Waals surface area (Å²) in [6.07, 6.45) is 4.57. The predicted octanol–water partition coefficient (Wildman–Crippen LogP) is 5.72. The minimum Gasteiger partial charge on any atom is -0.434 e. The van der Waals surface area contributed by atoms with Crippen LogP contribution in [0.4, 0.5) is 8.78 Å². The molecular formula is C27H23F2N3O2. The van der Waals surface area contributed by atoms with Crippen molar-refractivity contribution < 1.29 is 13.5 Å². The summed E-state index contributed by atoms with van der Waals surface area (Å²) in [5.74, 6) is -1.55. The second kappa shape index (κ2) is 8.74. The van der Waals surface area contributed by atoms with Gasteiger partial charge in [0.25, 0.3) is 0 Å². The Morgan fingerprint density at radius 2 is 1.97 bits per heavy atom. The molecule has 5 rings (SSSR count). The first-order valence-electron chi connectivity index (χ1n) is 11.2. The van der Waals surface area contributed by atoms with E-state index < -0.39 is 11.6 Å². The molecule has 0 saturated heterocycles. The maximum absolute atomic E-state index is 14.0. The van der Waals surface area contributed by atoms with E-state index >= 15 is 0 Å². The van der Waals surface area contributed by atoms with Gasteiger partial charge in [-0.3, -0.25) is 4.79 Å². The molecule has 2 aromatic heterocycles. The highest BCUT2D eigenvalue weighted by atomic mass is 19.1. The smallest absolute Gasteiger partial charge is 0.237 e. The van der Waals surface area contributed by atoms with Gasteiger partial charge >= 0.3 is 0 Å². The van der Waals surface area contributed by atoms with Gasteiger partial charge in [-0.15, -0.1) is 5.10 Å². The quantitative estimate of drug-likeness (QED) is 0.384. The molecule has 4 aromatic rings. The maximum Gasteiger partial charge on any atom is 0.237 e. The Labute approximate surface area is 195 Å². The van der Waals surface area contributed by atoms with Crippen molar-refractivity contribution in [2.24, 2.45) is 0 Å². The van der Waals surface area contributed by atoms with Crippen LogP contribution in [0.5, 0.6) is 11.6 Å². The van der Waals surface area contributed by atoms with E-state index in [2.05, 4.69) is 17.0 Å². The molecule has 34 heavy (non-hydrogen) atoms. The Hall–Kier alpha value is -4.00. The molecule has 0 atom stereocenters. The fourth-order valence-electron chi connectivity index (χ4n) is 3.94. The number of benzene rings is 2. The number of hydrogen-bond acceptors (Lipinski definition) is 4. The van der Waals surface area contributed by atoms with Gasteiger partial charge in [0.05, 0.1) is 11.1 Å². The first-order chi connectivity index (χ1) is 16.4. The normalized spacial score (nSPS) is 13.1. The van der Waals surface area contributed by atoms with Crippen LogP contribution in [0.3, 0.4) is 0 Å². The van der Waals surface area contributed by atoms with Crippen LogP contribution in [-0.2, 0) is 6.42 Å². The Kier molecular flexibility index (Phi) is 5.61. The summed E-state index contributed by atoms with van der Waals surface area (Å²) in [6, 6.07) is 14.3. The van der Waals surface area contributed by atoms with Gasteiger partial charge < -0.3 is 10.1 Å². The number of halogens is 2. The molecule has 172 valence electrons. The van der Waals surface area contributed by atoms with Gasteiger partial charge in [-0.2, -0.15) is 0 Å². The molecule has 2 heterocycles.